The van der Waals surface area contributed by atoms with Crippen LogP contribution in [0.15, 0.2) is 145 Å². The maximum absolute atomic E-state index is 13.1. The Balaban J connectivity index is 1.13. The smallest absolute Gasteiger partial charge is 0.193 e. The lowest BCUT2D eigenvalue weighted by Gasteiger charge is -2.19. The SMILES string of the molecule is O=C1c2ccc(cc2)OC2=CCC(C=C2)Oc2ccc(cc2)Oc2ccc(cc2)Oc2ccc(cc2)Oc2ccc1cc2. The molecule has 10 heterocycles. The molecule has 0 saturated carbocycles. The number of ether oxygens (including phenoxy) is 5. The second-order valence-electron chi connectivity index (χ2n) is 10.1. The number of benzene rings is 5. The van der Waals surface area contributed by atoms with Gasteiger partial charge in [0.25, 0.3) is 0 Å². The van der Waals surface area contributed by atoms with E-state index in [1.807, 2.05) is 91.0 Å². The fourth-order valence-electron chi connectivity index (χ4n) is 4.72. The van der Waals surface area contributed by atoms with Crippen molar-refractivity contribution in [2.45, 2.75) is 12.5 Å². The van der Waals surface area contributed by atoms with E-state index in [2.05, 4.69) is 0 Å². The number of hydrogen-bond donors (Lipinski definition) is 0. The summed E-state index contributed by atoms with van der Waals surface area (Å²) < 4.78 is 30.1. The van der Waals surface area contributed by atoms with Gasteiger partial charge in [0.05, 0.1) is 0 Å². The minimum absolute atomic E-state index is 0.0799. The average molecular weight is 567 g/mol. The molecule has 0 fully saturated rings. The molecule has 0 aromatic heterocycles. The minimum Gasteiger partial charge on any atom is -0.486 e. The summed E-state index contributed by atoms with van der Waals surface area (Å²) in [6, 6.07) is 36.5. The molecule has 43 heavy (non-hydrogen) atoms. The van der Waals surface area contributed by atoms with Crippen LogP contribution in [0.25, 0.3) is 0 Å². The summed E-state index contributed by atoms with van der Waals surface area (Å²) in [6.07, 6.45) is 6.42. The molecule has 0 N–H and O–H groups in total. The van der Waals surface area contributed by atoms with Gasteiger partial charge in [0.15, 0.2) is 5.78 Å². The molecule has 0 radical (unpaired) electrons. The standard InChI is InChI=1S/C37H26O6/c38-37-25-1-5-27(6-2-25)39-29-9-13-31(14-10-29)41-33-17-21-35(22-18-33)43-36-23-19-34(20-24-36)42-32-15-11-30(12-16-32)40-28-7-3-26(37)4-8-28/h1-15,17-24,32H,16H2. The first-order chi connectivity index (χ1) is 21.1. The van der Waals surface area contributed by atoms with Crippen molar-refractivity contribution in [2.75, 3.05) is 0 Å². The summed E-state index contributed by atoms with van der Waals surface area (Å²) in [5, 5.41) is 0. The summed E-state index contributed by atoms with van der Waals surface area (Å²) in [5.74, 6) is 6.07. The number of ketones is 1. The topological polar surface area (TPSA) is 63.2 Å². The first-order valence-corrected chi connectivity index (χ1v) is 13.9. The zero-order valence-corrected chi connectivity index (χ0v) is 23.0. The molecule has 12 bridgehead atoms. The van der Waals surface area contributed by atoms with E-state index in [1.54, 1.807) is 48.5 Å². The number of carbonyl (C=O) groups excluding carboxylic acids is 1. The molecule has 5 aromatic carbocycles. The Labute approximate surface area is 249 Å². The first kappa shape index (κ1) is 26.2. The molecule has 1 unspecified atom stereocenters. The summed E-state index contributed by atoms with van der Waals surface area (Å²) in [5.41, 5.74) is 1.14. The molecule has 16 rings (SSSR count). The van der Waals surface area contributed by atoms with E-state index < -0.39 is 0 Å². The third-order valence-corrected chi connectivity index (χ3v) is 6.96. The van der Waals surface area contributed by atoms with Crippen molar-refractivity contribution in [3.8, 4) is 46.0 Å². The quantitative estimate of drug-likeness (QED) is 0.186. The van der Waals surface area contributed by atoms with Crippen LogP contribution in [0.1, 0.15) is 22.3 Å². The Bertz CT molecular complexity index is 1780. The lowest BCUT2D eigenvalue weighted by Crippen LogP contribution is -2.15. The van der Waals surface area contributed by atoms with E-state index in [1.165, 1.54) is 0 Å². The molecule has 1 aliphatic carbocycles. The van der Waals surface area contributed by atoms with Gasteiger partial charge in [-0.3, -0.25) is 4.79 Å². The van der Waals surface area contributed by atoms with Gasteiger partial charge in [-0.05, 0) is 140 Å². The monoisotopic (exact) mass is 566 g/mol. The van der Waals surface area contributed by atoms with E-state index in [4.69, 9.17) is 23.7 Å². The molecule has 10 aliphatic heterocycles. The van der Waals surface area contributed by atoms with Gasteiger partial charge in [0.1, 0.15) is 57.9 Å². The number of rotatable bonds is 0. The third kappa shape index (κ3) is 6.29. The van der Waals surface area contributed by atoms with Crippen LogP contribution in [0, 0.1) is 0 Å². The third-order valence-electron chi connectivity index (χ3n) is 6.96. The fraction of sp³-hybridized carbons (Fsp3) is 0.0541. The lowest BCUT2D eigenvalue weighted by molar-refractivity contribution is 0.103. The fourth-order valence-corrected chi connectivity index (χ4v) is 4.72. The summed E-state index contributed by atoms with van der Waals surface area (Å²) in [7, 11) is 0. The Morgan fingerprint density at radius 1 is 0.442 bits per heavy atom. The molecule has 5 aromatic rings. The highest BCUT2D eigenvalue weighted by atomic mass is 16.5. The highest BCUT2D eigenvalue weighted by Gasteiger charge is 2.14. The van der Waals surface area contributed by atoms with E-state index >= 15 is 0 Å². The number of carbonyl (C=O) groups is 1. The molecule has 0 amide bonds. The van der Waals surface area contributed by atoms with E-state index in [-0.39, 0.29) is 11.9 Å². The van der Waals surface area contributed by atoms with Gasteiger partial charge < -0.3 is 23.7 Å². The van der Waals surface area contributed by atoms with Gasteiger partial charge in [0.2, 0.25) is 0 Å². The van der Waals surface area contributed by atoms with Crippen molar-refractivity contribution in [3.05, 3.63) is 156 Å². The Morgan fingerprint density at radius 2 is 0.791 bits per heavy atom. The highest BCUT2D eigenvalue weighted by Crippen LogP contribution is 2.31. The van der Waals surface area contributed by atoms with Gasteiger partial charge in [-0.1, -0.05) is 0 Å². The summed E-state index contributed by atoms with van der Waals surface area (Å²) in [6.45, 7) is 0. The first-order valence-electron chi connectivity index (χ1n) is 13.9. The number of hydrogen-bond acceptors (Lipinski definition) is 6. The van der Waals surface area contributed by atoms with Gasteiger partial charge in [-0.25, -0.2) is 0 Å². The van der Waals surface area contributed by atoms with Crippen molar-refractivity contribution in [1.29, 1.82) is 0 Å². The van der Waals surface area contributed by atoms with Crippen LogP contribution >= 0.6 is 0 Å². The maximum Gasteiger partial charge on any atom is 0.193 e. The predicted molar refractivity (Wildman–Crippen MR) is 163 cm³/mol. The molecule has 0 saturated heterocycles. The van der Waals surface area contributed by atoms with Crippen molar-refractivity contribution >= 4 is 5.78 Å². The Kier molecular flexibility index (Phi) is 7.07. The predicted octanol–water partition coefficient (Wildman–Crippen LogP) is 9.28. The molecule has 210 valence electrons. The van der Waals surface area contributed by atoms with E-state index in [9.17, 15) is 4.79 Å². The zero-order valence-electron chi connectivity index (χ0n) is 23.0. The molecular formula is C37H26O6. The van der Waals surface area contributed by atoms with E-state index in [0.29, 0.717) is 57.8 Å². The summed E-state index contributed by atoms with van der Waals surface area (Å²) in [4.78, 5) is 13.1. The largest absolute Gasteiger partial charge is 0.486 e. The molecular weight excluding hydrogens is 540 g/mol. The Morgan fingerprint density at radius 3 is 1.16 bits per heavy atom. The normalized spacial score (nSPS) is 15.7. The van der Waals surface area contributed by atoms with Gasteiger partial charge >= 0.3 is 0 Å². The molecule has 6 nitrogen and oxygen atoms in total. The van der Waals surface area contributed by atoms with Crippen molar-refractivity contribution < 1.29 is 28.5 Å². The molecule has 6 heteroatoms. The van der Waals surface area contributed by atoms with Gasteiger partial charge in [-0.2, -0.15) is 0 Å². The second-order valence-corrected chi connectivity index (χ2v) is 10.1. The van der Waals surface area contributed by atoms with Crippen LogP contribution in [0.4, 0.5) is 0 Å². The Hall–Kier alpha value is -5.75. The minimum atomic E-state index is -0.111. The zero-order chi connectivity index (χ0) is 29.0. The average Bonchev–Trinajstić information content (AvgIpc) is 3.05. The van der Waals surface area contributed by atoms with Crippen molar-refractivity contribution in [2.24, 2.45) is 0 Å². The van der Waals surface area contributed by atoms with Crippen LogP contribution in [0.2, 0.25) is 0 Å². The van der Waals surface area contributed by atoms with Crippen LogP contribution in [-0.2, 0) is 0 Å². The van der Waals surface area contributed by atoms with Crippen LogP contribution in [0.5, 0.6) is 46.0 Å². The van der Waals surface area contributed by atoms with Crippen molar-refractivity contribution in [3.63, 3.8) is 0 Å². The maximum atomic E-state index is 13.1. The number of allylic oxidation sites excluding steroid dienone is 1. The van der Waals surface area contributed by atoms with Crippen molar-refractivity contribution in [1.82, 2.24) is 0 Å². The molecule has 11 aliphatic rings. The van der Waals surface area contributed by atoms with Crippen LogP contribution < -0.4 is 23.7 Å². The van der Waals surface area contributed by atoms with Gasteiger partial charge in [-0.15, -0.1) is 0 Å². The summed E-state index contributed by atoms with van der Waals surface area (Å²) >= 11 is 0. The highest BCUT2D eigenvalue weighted by molar-refractivity contribution is 6.09. The lowest BCUT2D eigenvalue weighted by atomic mass is 10.0. The molecule has 0 spiro atoms. The van der Waals surface area contributed by atoms with Crippen LogP contribution in [0.3, 0.4) is 0 Å². The van der Waals surface area contributed by atoms with Crippen LogP contribution in [-0.4, -0.2) is 11.9 Å². The van der Waals surface area contributed by atoms with E-state index in [0.717, 1.165) is 11.5 Å². The van der Waals surface area contributed by atoms with Gasteiger partial charge in [0, 0.05) is 17.5 Å². The second kappa shape index (κ2) is 11.6. The molecule has 1 atom stereocenters.